The van der Waals surface area contributed by atoms with Gasteiger partial charge >= 0.3 is 0 Å². The van der Waals surface area contributed by atoms with Crippen molar-refractivity contribution >= 4 is 0 Å². The van der Waals surface area contributed by atoms with E-state index < -0.39 is 5.60 Å². The number of fused-ring (bicyclic) bond motifs is 5. The van der Waals surface area contributed by atoms with Crippen molar-refractivity contribution in [1.29, 1.82) is 0 Å². The van der Waals surface area contributed by atoms with E-state index in [1.807, 2.05) is 0 Å². The van der Waals surface area contributed by atoms with Crippen LogP contribution in [0.3, 0.4) is 0 Å². The van der Waals surface area contributed by atoms with Crippen LogP contribution in [-0.4, -0.2) is 10.7 Å². The SMILES string of the molecule is C=CC1CCC2C3CCC4=CCCCC4(O)C3CCC12C. The summed E-state index contributed by atoms with van der Waals surface area (Å²) < 4.78 is 0. The highest BCUT2D eigenvalue weighted by atomic mass is 16.3. The molecular weight excluding hydrogens is 256 g/mol. The molecule has 0 saturated heterocycles. The molecule has 0 aliphatic heterocycles. The van der Waals surface area contributed by atoms with Gasteiger partial charge in [-0.2, -0.15) is 0 Å². The second-order valence-corrected chi connectivity index (χ2v) is 8.43. The Morgan fingerprint density at radius 3 is 2.86 bits per heavy atom. The second kappa shape index (κ2) is 4.72. The number of hydrogen-bond donors (Lipinski definition) is 1. The van der Waals surface area contributed by atoms with Gasteiger partial charge in [0.1, 0.15) is 0 Å². The molecule has 0 spiro atoms. The van der Waals surface area contributed by atoms with Crippen LogP contribution in [0.25, 0.3) is 0 Å². The first kappa shape index (κ1) is 14.1. The van der Waals surface area contributed by atoms with Gasteiger partial charge in [0.2, 0.25) is 0 Å². The molecule has 0 radical (unpaired) electrons. The lowest BCUT2D eigenvalue weighted by Crippen LogP contribution is -2.54. The topological polar surface area (TPSA) is 20.2 Å². The molecule has 3 fully saturated rings. The number of rotatable bonds is 1. The molecule has 1 N–H and O–H groups in total. The van der Waals surface area contributed by atoms with E-state index in [2.05, 4.69) is 25.7 Å². The van der Waals surface area contributed by atoms with Gasteiger partial charge in [-0.05, 0) is 92.4 Å². The summed E-state index contributed by atoms with van der Waals surface area (Å²) in [5.41, 5.74) is 1.43. The van der Waals surface area contributed by atoms with Crippen molar-refractivity contribution in [3.63, 3.8) is 0 Å². The standard InChI is InChI=1S/C20H30O/c1-3-14-8-10-17-16-9-7-15-6-4-5-12-20(15,21)18(16)11-13-19(14,17)2/h3,6,14,16-18,21H,1,4-5,7-13H2,2H3. The van der Waals surface area contributed by atoms with Crippen LogP contribution in [0.4, 0.5) is 0 Å². The zero-order valence-corrected chi connectivity index (χ0v) is 13.5. The summed E-state index contributed by atoms with van der Waals surface area (Å²) in [6, 6.07) is 0. The molecule has 0 aromatic heterocycles. The van der Waals surface area contributed by atoms with E-state index in [0.29, 0.717) is 17.3 Å². The van der Waals surface area contributed by atoms with Crippen LogP contribution < -0.4 is 0 Å². The predicted molar refractivity (Wildman–Crippen MR) is 86.8 cm³/mol. The summed E-state index contributed by atoms with van der Waals surface area (Å²) in [5, 5.41) is 11.4. The first-order valence-electron chi connectivity index (χ1n) is 9.14. The smallest absolute Gasteiger partial charge is 0.0887 e. The minimum atomic E-state index is -0.436. The van der Waals surface area contributed by atoms with Crippen LogP contribution in [0.1, 0.15) is 64.7 Å². The highest BCUT2D eigenvalue weighted by Crippen LogP contribution is 2.64. The normalized spacial score (nSPS) is 52.4. The van der Waals surface area contributed by atoms with Crippen LogP contribution in [0, 0.1) is 29.1 Å². The van der Waals surface area contributed by atoms with Crippen molar-refractivity contribution in [2.24, 2.45) is 29.1 Å². The molecule has 1 heteroatoms. The van der Waals surface area contributed by atoms with E-state index in [-0.39, 0.29) is 0 Å². The third-order valence-electron chi connectivity index (χ3n) is 7.86. The summed E-state index contributed by atoms with van der Waals surface area (Å²) in [7, 11) is 0. The quantitative estimate of drug-likeness (QED) is 0.682. The Kier molecular flexibility index (Phi) is 3.16. The molecule has 0 heterocycles. The summed E-state index contributed by atoms with van der Waals surface area (Å²) in [6.07, 6.45) is 15.7. The van der Waals surface area contributed by atoms with Crippen LogP contribution in [0.15, 0.2) is 24.3 Å². The zero-order valence-electron chi connectivity index (χ0n) is 13.5. The van der Waals surface area contributed by atoms with Crippen LogP contribution in [0.5, 0.6) is 0 Å². The molecular formula is C20H30O. The minimum Gasteiger partial charge on any atom is -0.385 e. The number of allylic oxidation sites excluding steroid dienone is 2. The Balaban J connectivity index is 1.67. The lowest BCUT2D eigenvalue weighted by Gasteiger charge is -2.57. The van der Waals surface area contributed by atoms with Crippen LogP contribution in [0.2, 0.25) is 0 Å². The fourth-order valence-corrected chi connectivity index (χ4v) is 6.76. The molecule has 6 atom stereocenters. The Morgan fingerprint density at radius 2 is 2.05 bits per heavy atom. The van der Waals surface area contributed by atoms with Crippen molar-refractivity contribution < 1.29 is 5.11 Å². The van der Waals surface area contributed by atoms with Gasteiger partial charge in [0.05, 0.1) is 5.60 Å². The van der Waals surface area contributed by atoms with Gasteiger partial charge in [0, 0.05) is 0 Å². The van der Waals surface area contributed by atoms with Crippen molar-refractivity contribution in [3.8, 4) is 0 Å². The highest BCUT2D eigenvalue weighted by molar-refractivity contribution is 5.26. The first-order valence-corrected chi connectivity index (χ1v) is 9.14. The fourth-order valence-electron chi connectivity index (χ4n) is 6.76. The molecule has 4 rings (SSSR count). The third kappa shape index (κ3) is 1.79. The molecule has 1 nitrogen and oxygen atoms in total. The largest absolute Gasteiger partial charge is 0.385 e. The summed E-state index contributed by atoms with van der Waals surface area (Å²) in [5.74, 6) is 2.83. The van der Waals surface area contributed by atoms with Crippen LogP contribution >= 0.6 is 0 Å². The van der Waals surface area contributed by atoms with Gasteiger partial charge in [-0.1, -0.05) is 19.1 Å². The predicted octanol–water partition coefficient (Wildman–Crippen LogP) is 4.87. The monoisotopic (exact) mass is 286 g/mol. The van der Waals surface area contributed by atoms with Gasteiger partial charge in [0.25, 0.3) is 0 Å². The Bertz CT molecular complexity index is 478. The summed E-state index contributed by atoms with van der Waals surface area (Å²) in [4.78, 5) is 0. The molecule has 21 heavy (non-hydrogen) atoms. The molecule has 6 unspecified atom stereocenters. The summed E-state index contributed by atoms with van der Waals surface area (Å²) in [6.45, 7) is 6.62. The van der Waals surface area contributed by atoms with Crippen LogP contribution in [-0.2, 0) is 0 Å². The van der Waals surface area contributed by atoms with E-state index in [0.717, 1.165) is 24.7 Å². The van der Waals surface area contributed by atoms with Crippen molar-refractivity contribution in [2.75, 3.05) is 0 Å². The van der Waals surface area contributed by atoms with Gasteiger partial charge in [-0.3, -0.25) is 0 Å². The average molecular weight is 286 g/mol. The zero-order chi connectivity index (χ0) is 14.7. The van der Waals surface area contributed by atoms with Gasteiger partial charge in [-0.25, -0.2) is 0 Å². The third-order valence-corrected chi connectivity index (χ3v) is 7.86. The number of aliphatic hydroxyl groups is 1. The van der Waals surface area contributed by atoms with E-state index in [1.165, 1.54) is 50.5 Å². The maximum atomic E-state index is 11.4. The molecule has 0 amide bonds. The molecule has 116 valence electrons. The average Bonchev–Trinajstić information content (AvgIpc) is 2.83. The van der Waals surface area contributed by atoms with Crippen molar-refractivity contribution in [3.05, 3.63) is 24.3 Å². The molecule has 0 aromatic carbocycles. The Morgan fingerprint density at radius 1 is 1.19 bits per heavy atom. The van der Waals surface area contributed by atoms with Crippen molar-refractivity contribution in [2.45, 2.75) is 70.3 Å². The van der Waals surface area contributed by atoms with Crippen molar-refractivity contribution in [1.82, 2.24) is 0 Å². The molecule has 4 aliphatic carbocycles. The minimum absolute atomic E-state index is 0.436. The van der Waals surface area contributed by atoms with Gasteiger partial charge in [-0.15, -0.1) is 6.58 Å². The molecule has 0 aromatic rings. The molecule has 0 bridgehead atoms. The van der Waals surface area contributed by atoms with Gasteiger partial charge in [0.15, 0.2) is 0 Å². The first-order chi connectivity index (χ1) is 10.1. The highest BCUT2D eigenvalue weighted by Gasteiger charge is 2.58. The maximum Gasteiger partial charge on any atom is 0.0887 e. The van der Waals surface area contributed by atoms with E-state index in [1.54, 1.807) is 0 Å². The molecule has 4 aliphatic rings. The maximum absolute atomic E-state index is 11.4. The lowest BCUT2D eigenvalue weighted by molar-refractivity contribution is -0.105. The summed E-state index contributed by atoms with van der Waals surface area (Å²) >= 11 is 0. The van der Waals surface area contributed by atoms with E-state index in [4.69, 9.17) is 0 Å². The second-order valence-electron chi connectivity index (χ2n) is 8.43. The Hall–Kier alpha value is -0.560. The van der Waals surface area contributed by atoms with Gasteiger partial charge < -0.3 is 5.11 Å². The van der Waals surface area contributed by atoms with E-state index in [9.17, 15) is 5.11 Å². The molecule has 3 saturated carbocycles. The Labute approximate surface area is 129 Å². The number of hydrogen-bond acceptors (Lipinski definition) is 1. The lowest BCUT2D eigenvalue weighted by atomic mass is 9.50. The fraction of sp³-hybridized carbons (Fsp3) is 0.800. The van der Waals surface area contributed by atoms with E-state index >= 15 is 0 Å².